The van der Waals surface area contributed by atoms with E-state index in [4.69, 9.17) is 5.73 Å². The van der Waals surface area contributed by atoms with Crippen molar-refractivity contribution in [2.75, 3.05) is 11.9 Å². The molecule has 1 aliphatic carbocycles. The van der Waals surface area contributed by atoms with Crippen LogP contribution in [-0.2, 0) is 7.05 Å². The molecule has 0 radical (unpaired) electrons. The first-order valence-electron chi connectivity index (χ1n) is 6.01. The third kappa shape index (κ3) is 2.07. The highest BCUT2D eigenvalue weighted by atomic mass is 15.3. The molecule has 0 bridgehead atoms. The van der Waals surface area contributed by atoms with Gasteiger partial charge in [-0.15, -0.1) is 0 Å². The predicted octanol–water partition coefficient (Wildman–Crippen LogP) is 1.66. The van der Waals surface area contributed by atoms with E-state index in [-0.39, 0.29) is 5.41 Å². The summed E-state index contributed by atoms with van der Waals surface area (Å²) in [5.74, 6) is 1.08. The molecule has 4 nitrogen and oxygen atoms in total. The van der Waals surface area contributed by atoms with Gasteiger partial charge in [-0.3, -0.25) is 4.68 Å². The fourth-order valence-corrected chi connectivity index (χ4v) is 2.55. The number of nitrogens with one attached hydrogen (secondary N) is 1. The van der Waals surface area contributed by atoms with Crippen molar-refractivity contribution in [3.05, 3.63) is 11.8 Å². The fraction of sp³-hybridized carbons (Fsp3) is 0.750. The number of hydrogen-bond donors (Lipinski definition) is 2. The van der Waals surface area contributed by atoms with Gasteiger partial charge in [0.05, 0.1) is 5.69 Å². The minimum absolute atomic E-state index is 0.234. The lowest BCUT2D eigenvalue weighted by atomic mass is 9.85. The first-order valence-corrected chi connectivity index (χ1v) is 6.01. The van der Waals surface area contributed by atoms with E-state index < -0.39 is 0 Å². The average Bonchev–Trinajstić information content (AvgIpc) is 2.69. The molecule has 1 heterocycles. The molecule has 1 aromatic rings. The van der Waals surface area contributed by atoms with Gasteiger partial charge < -0.3 is 11.1 Å². The van der Waals surface area contributed by atoms with Gasteiger partial charge in [-0.25, -0.2) is 0 Å². The van der Waals surface area contributed by atoms with E-state index in [9.17, 15) is 0 Å². The molecule has 1 saturated carbocycles. The number of aryl methyl sites for hydroxylation is 2. The summed E-state index contributed by atoms with van der Waals surface area (Å²) in [5, 5.41) is 7.79. The van der Waals surface area contributed by atoms with Crippen LogP contribution in [0.1, 0.15) is 31.9 Å². The van der Waals surface area contributed by atoms with Crippen molar-refractivity contribution in [1.82, 2.24) is 9.78 Å². The lowest BCUT2D eigenvalue weighted by molar-refractivity contribution is 0.315. The average molecular weight is 222 g/mol. The summed E-state index contributed by atoms with van der Waals surface area (Å²) in [6, 6.07) is 2.40. The topological polar surface area (TPSA) is 55.9 Å². The second-order valence-corrected chi connectivity index (χ2v) is 5.30. The maximum Gasteiger partial charge on any atom is 0.124 e. The minimum Gasteiger partial charge on any atom is -0.370 e. The van der Waals surface area contributed by atoms with Crippen LogP contribution in [0.4, 0.5) is 5.82 Å². The molecule has 4 heteroatoms. The minimum atomic E-state index is 0.234. The number of nitrogens with zero attached hydrogens (tertiary/aromatic N) is 2. The normalized spacial score (nSPS) is 29.6. The molecule has 2 unspecified atom stereocenters. The number of anilines is 1. The quantitative estimate of drug-likeness (QED) is 0.817. The van der Waals surface area contributed by atoms with E-state index in [0.29, 0.717) is 6.04 Å². The van der Waals surface area contributed by atoms with Crippen LogP contribution in [0.3, 0.4) is 0 Å². The van der Waals surface area contributed by atoms with Crippen molar-refractivity contribution in [2.45, 2.75) is 39.2 Å². The Balaban J connectivity index is 1.99. The summed E-state index contributed by atoms with van der Waals surface area (Å²) < 4.78 is 1.89. The highest BCUT2D eigenvalue weighted by Gasteiger charge is 2.36. The van der Waals surface area contributed by atoms with E-state index in [0.717, 1.165) is 24.5 Å². The van der Waals surface area contributed by atoms with E-state index in [1.54, 1.807) is 0 Å². The van der Waals surface area contributed by atoms with Crippen LogP contribution in [0.15, 0.2) is 6.07 Å². The second kappa shape index (κ2) is 4.09. The lowest BCUT2D eigenvalue weighted by Gasteiger charge is -2.29. The van der Waals surface area contributed by atoms with Crippen LogP contribution >= 0.6 is 0 Å². The molecule has 0 amide bonds. The Morgan fingerprint density at radius 3 is 2.94 bits per heavy atom. The van der Waals surface area contributed by atoms with Gasteiger partial charge in [0.1, 0.15) is 5.82 Å². The zero-order chi connectivity index (χ0) is 11.8. The number of aromatic nitrogens is 2. The number of hydrogen-bond acceptors (Lipinski definition) is 3. The van der Waals surface area contributed by atoms with Crippen molar-refractivity contribution in [3.8, 4) is 0 Å². The monoisotopic (exact) mass is 222 g/mol. The van der Waals surface area contributed by atoms with Gasteiger partial charge in [0.15, 0.2) is 0 Å². The molecule has 1 fully saturated rings. The van der Waals surface area contributed by atoms with E-state index in [1.807, 2.05) is 18.7 Å². The molecule has 1 aliphatic rings. The Labute approximate surface area is 97.2 Å². The largest absolute Gasteiger partial charge is 0.370 e. The zero-order valence-electron chi connectivity index (χ0n) is 10.5. The van der Waals surface area contributed by atoms with Gasteiger partial charge in [-0.1, -0.05) is 13.3 Å². The van der Waals surface area contributed by atoms with Crippen molar-refractivity contribution < 1.29 is 0 Å². The third-order valence-corrected chi connectivity index (χ3v) is 3.83. The molecule has 2 rings (SSSR count). The number of rotatable bonds is 3. The predicted molar refractivity (Wildman–Crippen MR) is 66.4 cm³/mol. The van der Waals surface area contributed by atoms with Crippen molar-refractivity contribution >= 4 is 5.82 Å². The summed E-state index contributed by atoms with van der Waals surface area (Å²) in [6.07, 6.45) is 3.63. The summed E-state index contributed by atoms with van der Waals surface area (Å²) in [5.41, 5.74) is 7.44. The zero-order valence-corrected chi connectivity index (χ0v) is 10.5. The Bertz CT molecular complexity index is 371. The smallest absolute Gasteiger partial charge is 0.124 e. The van der Waals surface area contributed by atoms with E-state index in [1.165, 1.54) is 12.8 Å². The maximum absolute atomic E-state index is 6.16. The van der Waals surface area contributed by atoms with Gasteiger partial charge in [0, 0.05) is 25.7 Å². The maximum atomic E-state index is 6.16. The van der Waals surface area contributed by atoms with Crippen molar-refractivity contribution in [1.29, 1.82) is 0 Å². The standard InChI is InChI=1S/C12H22N4/c1-9-7-11(16(3)15-9)14-8-12(2)6-4-5-10(12)13/h7,10,14H,4-6,8,13H2,1-3H3. The van der Waals surface area contributed by atoms with Crippen LogP contribution < -0.4 is 11.1 Å². The van der Waals surface area contributed by atoms with Gasteiger partial charge in [-0.2, -0.15) is 5.10 Å². The van der Waals surface area contributed by atoms with Crippen LogP contribution in [0.2, 0.25) is 0 Å². The van der Waals surface area contributed by atoms with Crippen LogP contribution in [0, 0.1) is 12.3 Å². The summed E-state index contributed by atoms with van der Waals surface area (Å²) in [7, 11) is 1.96. The summed E-state index contributed by atoms with van der Waals surface area (Å²) >= 11 is 0. The van der Waals surface area contributed by atoms with E-state index in [2.05, 4.69) is 23.4 Å². The molecule has 0 aliphatic heterocycles. The Hall–Kier alpha value is -1.03. The lowest BCUT2D eigenvalue weighted by Crippen LogP contribution is -2.40. The molecule has 1 aromatic heterocycles. The number of nitrogens with two attached hydrogens (primary N) is 1. The van der Waals surface area contributed by atoms with Gasteiger partial charge in [0.2, 0.25) is 0 Å². The van der Waals surface area contributed by atoms with Crippen molar-refractivity contribution in [2.24, 2.45) is 18.2 Å². The molecular weight excluding hydrogens is 200 g/mol. The second-order valence-electron chi connectivity index (χ2n) is 5.30. The van der Waals surface area contributed by atoms with Gasteiger partial charge >= 0.3 is 0 Å². The molecule has 0 spiro atoms. The van der Waals surface area contributed by atoms with Crippen LogP contribution in [0.25, 0.3) is 0 Å². The molecule has 0 saturated heterocycles. The fourth-order valence-electron chi connectivity index (χ4n) is 2.55. The molecular formula is C12H22N4. The van der Waals surface area contributed by atoms with Gasteiger partial charge in [-0.05, 0) is 25.2 Å². The Kier molecular flexibility index (Phi) is 2.93. The third-order valence-electron chi connectivity index (χ3n) is 3.83. The van der Waals surface area contributed by atoms with Crippen LogP contribution in [-0.4, -0.2) is 22.4 Å². The SMILES string of the molecule is Cc1cc(NCC2(C)CCCC2N)n(C)n1. The Morgan fingerprint density at radius 2 is 2.44 bits per heavy atom. The van der Waals surface area contributed by atoms with Gasteiger partial charge in [0.25, 0.3) is 0 Å². The Morgan fingerprint density at radius 1 is 1.69 bits per heavy atom. The molecule has 2 atom stereocenters. The molecule has 16 heavy (non-hydrogen) atoms. The molecule has 3 N–H and O–H groups in total. The molecule has 90 valence electrons. The first kappa shape index (κ1) is 11.5. The first-order chi connectivity index (χ1) is 7.51. The summed E-state index contributed by atoms with van der Waals surface area (Å²) in [6.45, 7) is 5.22. The summed E-state index contributed by atoms with van der Waals surface area (Å²) in [4.78, 5) is 0. The molecule has 0 aromatic carbocycles. The highest BCUT2D eigenvalue weighted by molar-refractivity contribution is 5.37. The highest BCUT2D eigenvalue weighted by Crippen LogP contribution is 2.36. The van der Waals surface area contributed by atoms with E-state index >= 15 is 0 Å². The van der Waals surface area contributed by atoms with Crippen LogP contribution in [0.5, 0.6) is 0 Å². The van der Waals surface area contributed by atoms with Crippen molar-refractivity contribution in [3.63, 3.8) is 0 Å².